The summed E-state index contributed by atoms with van der Waals surface area (Å²) >= 11 is 8.42. The fraction of sp³-hybridized carbons (Fsp3) is 0.154. The maximum atomic E-state index is 5.67. The van der Waals surface area contributed by atoms with E-state index in [1.54, 1.807) is 12.3 Å². The highest BCUT2D eigenvalue weighted by molar-refractivity contribution is 9.10. The van der Waals surface area contributed by atoms with Gasteiger partial charge in [0.15, 0.2) is 5.82 Å². The lowest BCUT2D eigenvalue weighted by Crippen LogP contribution is -2.16. The molecule has 0 saturated heterocycles. The molecule has 98 valence electrons. The van der Waals surface area contributed by atoms with Gasteiger partial charge in [0.1, 0.15) is 4.99 Å². The number of nitrogens with zero attached hydrogens (tertiary/aromatic N) is 2. The Balaban J connectivity index is 2.21. The van der Waals surface area contributed by atoms with E-state index in [1.807, 2.05) is 31.2 Å². The monoisotopic (exact) mass is 336 g/mol. The number of halogens is 1. The van der Waals surface area contributed by atoms with Crippen LogP contribution in [0, 0.1) is 0 Å². The normalized spacial score (nSPS) is 11.9. The number of thiocarbonyl (C=S) groups is 1. The molecular formula is C13H13BrN4S. The molecule has 4 nitrogen and oxygen atoms in total. The molecule has 1 atom stereocenters. The van der Waals surface area contributed by atoms with Gasteiger partial charge in [-0.05, 0) is 30.7 Å². The van der Waals surface area contributed by atoms with Gasteiger partial charge < -0.3 is 11.1 Å². The molecule has 2 aromatic rings. The number of anilines is 1. The SMILES string of the molecule is CC(Nc1nnccc1C(N)=S)c1ccc(Br)cc1. The highest BCUT2D eigenvalue weighted by Crippen LogP contribution is 2.21. The Labute approximate surface area is 125 Å². The predicted octanol–water partition coefficient (Wildman–Crippen LogP) is 3.05. The van der Waals surface area contributed by atoms with Crippen LogP contribution in [0.1, 0.15) is 24.1 Å². The summed E-state index contributed by atoms with van der Waals surface area (Å²) < 4.78 is 1.05. The van der Waals surface area contributed by atoms with Crippen molar-refractivity contribution in [2.24, 2.45) is 5.73 Å². The fourth-order valence-corrected chi connectivity index (χ4v) is 2.11. The van der Waals surface area contributed by atoms with Gasteiger partial charge in [-0.1, -0.05) is 40.3 Å². The molecule has 0 fully saturated rings. The first kappa shape index (κ1) is 13.9. The van der Waals surface area contributed by atoms with E-state index in [-0.39, 0.29) is 6.04 Å². The summed E-state index contributed by atoms with van der Waals surface area (Å²) in [5.41, 5.74) is 7.51. The highest BCUT2D eigenvalue weighted by Gasteiger charge is 2.11. The Morgan fingerprint density at radius 3 is 2.63 bits per heavy atom. The van der Waals surface area contributed by atoms with Crippen molar-refractivity contribution in [2.45, 2.75) is 13.0 Å². The van der Waals surface area contributed by atoms with Crippen LogP contribution in [0.25, 0.3) is 0 Å². The Bertz CT molecular complexity index is 585. The number of hydrogen-bond acceptors (Lipinski definition) is 4. The minimum atomic E-state index is 0.0814. The van der Waals surface area contributed by atoms with Crippen molar-refractivity contribution in [2.75, 3.05) is 5.32 Å². The third kappa shape index (κ3) is 3.48. The van der Waals surface area contributed by atoms with Crippen LogP contribution in [0.4, 0.5) is 5.82 Å². The summed E-state index contributed by atoms with van der Waals surface area (Å²) in [6.45, 7) is 2.04. The molecule has 3 N–H and O–H groups in total. The third-order valence-electron chi connectivity index (χ3n) is 2.71. The second kappa shape index (κ2) is 6.08. The van der Waals surface area contributed by atoms with Crippen LogP contribution in [0.3, 0.4) is 0 Å². The quantitative estimate of drug-likeness (QED) is 0.840. The van der Waals surface area contributed by atoms with Crippen molar-refractivity contribution >= 4 is 39.0 Å². The largest absolute Gasteiger partial charge is 0.389 e. The fourth-order valence-electron chi connectivity index (χ4n) is 1.68. The Morgan fingerprint density at radius 1 is 1.32 bits per heavy atom. The van der Waals surface area contributed by atoms with Crippen LogP contribution in [-0.2, 0) is 0 Å². The van der Waals surface area contributed by atoms with Crippen LogP contribution >= 0.6 is 28.1 Å². The summed E-state index contributed by atoms with van der Waals surface area (Å²) in [5.74, 6) is 0.602. The maximum absolute atomic E-state index is 5.67. The second-order valence-corrected chi connectivity index (χ2v) is 5.43. The first-order chi connectivity index (χ1) is 9.08. The van der Waals surface area contributed by atoms with E-state index in [4.69, 9.17) is 18.0 Å². The topological polar surface area (TPSA) is 63.8 Å². The van der Waals surface area contributed by atoms with Crippen molar-refractivity contribution in [1.29, 1.82) is 0 Å². The molecule has 19 heavy (non-hydrogen) atoms. The maximum Gasteiger partial charge on any atom is 0.159 e. The summed E-state index contributed by atoms with van der Waals surface area (Å²) in [7, 11) is 0. The molecule has 0 aliphatic rings. The van der Waals surface area contributed by atoms with E-state index in [1.165, 1.54) is 0 Å². The van der Waals surface area contributed by atoms with E-state index < -0.39 is 0 Å². The predicted molar refractivity (Wildman–Crippen MR) is 84.1 cm³/mol. The molecule has 1 aromatic heterocycles. The minimum absolute atomic E-state index is 0.0814. The lowest BCUT2D eigenvalue weighted by molar-refractivity contribution is 0.859. The number of benzene rings is 1. The summed E-state index contributed by atoms with van der Waals surface area (Å²) in [5, 5.41) is 11.2. The number of nitrogens with two attached hydrogens (primary N) is 1. The van der Waals surface area contributed by atoms with Crippen LogP contribution < -0.4 is 11.1 Å². The van der Waals surface area contributed by atoms with Crippen LogP contribution in [0.2, 0.25) is 0 Å². The summed E-state index contributed by atoms with van der Waals surface area (Å²) in [4.78, 5) is 0.306. The molecule has 0 aliphatic heterocycles. The van der Waals surface area contributed by atoms with Gasteiger partial charge in [0, 0.05) is 4.47 Å². The summed E-state index contributed by atoms with van der Waals surface area (Å²) in [6.07, 6.45) is 1.57. The first-order valence-electron chi connectivity index (χ1n) is 5.71. The Kier molecular flexibility index (Phi) is 4.44. The van der Waals surface area contributed by atoms with Gasteiger partial charge in [0.2, 0.25) is 0 Å². The number of aromatic nitrogens is 2. The molecule has 1 heterocycles. The molecule has 2 rings (SSSR count). The molecule has 0 aliphatic carbocycles. The third-order valence-corrected chi connectivity index (χ3v) is 3.46. The standard InChI is InChI=1S/C13H13BrN4S/c1-8(9-2-4-10(14)5-3-9)17-13-11(12(15)19)6-7-16-18-13/h2-8H,1H3,(H2,15,19)(H,17,18). The van der Waals surface area contributed by atoms with Gasteiger partial charge in [-0.15, -0.1) is 5.10 Å². The van der Waals surface area contributed by atoms with Gasteiger partial charge >= 0.3 is 0 Å². The van der Waals surface area contributed by atoms with Gasteiger partial charge in [-0.2, -0.15) is 5.10 Å². The first-order valence-corrected chi connectivity index (χ1v) is 6.91. The van der Waals surface area contributed by atoms with E-state index in [2.05, 4.69) is 31.4 Å². The minimum Gasteiger partial charge on any atom is -0.389 e. The lowest BCUT2D eigenvalue weighted by atomic mass is 10.1. The molecule has 0 amide bonds. The number of nitrogens with one attached hydrogen (secondary N) is 1. The molecule has 0 saturated carbocycles. The van der Waals surface area contributed by atoms with Crippen LogP contribution in [-0.4, -0.2) is 15.2 Å². The highest BCUT2D eigenvalue weighted by atomic mass is 79.9. The van der Waals surface area contributed by atoms with E-state index in [9.17, 15) is 0 Å². The number of rotatable bonds is 4. The molecule has 0 radical (unpaired) electrons. The van der Waals surface area contributed by atoms with Gasteiger partial charge in [0.25, 0.3) is 0 Å². The van der Waals surface area contributed by atoms with Crippen molar-refractivity contribution in [3.63, 3.8) is 0 Å². The van der Waals surface area contributed by atoms with Crippen LogP contribution in [0.5, 0.6) is 0 Å². The van der Waals surface area contributed by atoms with E-state index in [0.717, 1.165) is 10.0 Å². The summed E-state index contributed by atoms with van der Waals surface area (Å²) in [6, 6.07) is 9.92. The Morgan fingerprint density at radius 2 is 2.00 bits per heavy atom. The molecule has 1 unspecified atom stereocenters. The van der Waals surface area contributed by atoms with E-state index in [0.29, 0.717) is 16.4 Å². The average molecular weight is 337 g/mol. The van der Waals surface area contributed by atoms with E-state index >= 15 is 0 Å². The molecule has 1 aromatic carbocycles. The average Bonchev–Trinajstić information content (AvgIpc) is 2.39. The number of hydrogen-bond donors (Lipinski definition) is 2. The Hall–Kier alpha value is -1.53. The second-order valence-electron chi connectivity index (χ2n) is 4.08. The lowest BCUT2D eigenvalue weighted by Gasteiger charge is -2.16. The molecular weight excluding hydrogens is 324 g/mol. The van der Waals surface area contributed by atoms with Gasteiger partial charge in [-0.3, -0.25) is 0 Å². The molecule has 0 spiro atoms. The smallest absolute Gasteiger partial charge is 0.159 e. The van der Waals surface area contributed by atoms with Crippen LogP contribution in [0.15, 0.2) is 41.0 Å². The zero-order valence-corrected chi connectivity index (χ0v) is 12.7. The zero-order valence-electron chi connectivity index (χ0n) is 10.3. The van der Waals surface area contributed by atoms with Crippen molar-refractivity contribution in [3.8, 4) is 0 Å². The molecule has 6 heteroatoms. The van der Waals surface area contributed by atoms with Crippen molar-refractivity contribution in [3.05, 3.63) is 52.1 Å². The van der Waals surface area contributed by atoms with Gasteiger partial charge in [-0.25, -0.2) is 0 Å². The van der Waals surface area contributed by atoms with Crippen molar-refractivity contribution in [1.82, 2.24) is 10.2 Å². The van der Waals surface area contributed by atoms with Crippen molar-refractivity contribution < 1.29 is 0 Å². The zero-order chi connectivity index (χ0) is 13.8. The van der Waals surface area contributed by atoms with Gasteiger partial charge in [0.05, 0.1) is 17.8 Å². The molecule has 0 bridgehead atoms.